The first kappa shape index (κ1) is 29.6. The number of anilines is 1. The van der Waals surface area contributed by atoms with Crippen molar-refractivity contribution in [1.29, 1.82) is 0 Å². The molecule has 0 radical (unpaired) electrons. The molecule has 7 aromatic rings. The van der Waals surface area contributed by atoms with Gasteiger partial charge in [-0.25, -0.2) is 0 Å². The van der Waals surface area contributed by atoms with Crippen molar-refractivity contribution < 1.29 is 0 Å². The van der Waals surface area contributed by atoms with Gasteiger partial charge < -0.3 is 9.88 Å². The molecule has 3 nitrogen and oxygen atoms in total. The van der Waals surface area contributed by atoms with Gasteiger partial charge in [0.2, 0.25) is 0 Å². The zero-order valence-corrected chi connectivity index (χ0v) is 27.4. The van der Waals surface area contributed by atoms with Crippen molar-refractivity contribution in [2.75, 3.05) is 5.32 Å². The number of hydrogen-bond donors (Lipinski definition) is 1. The summed E-state index contributed by atoms with van der Waals surface area (Å²) in [7, 11) is 0. The molecule has 46 heavy (non-hydrogen) atoms. The average Bonchev–Trinajstić information content (AvgIpc) is 3.41. The third-order valence-electron chi connectivity index (χ3n) is 9.04. The standard InChI is InChI=1S/C43H41N3/c1-28(2)34-19-13-20-35(29(3)4)43(34)44-27-32-14-12-21-40(45-32)37-16-7-6-15-36(37)31-24-30(5)25-33(26-31)46-41-22-10-8-17-38(41)39-18-9-11-23-42(39)46/h6-26,28-29,44H,27H2,1-5H3. The van der Waals surface area contributed by atoms with Crippen LogP contribution in [-0.4, -0.2) is 9.55 Å². The molecule has 0 amide bonds. The topological polar surface area (TPSA) is 29.9 Å². The number of para-hydroxylation sites is 3. The SMILES string of the molecule is Cc1cc(-c2ccccc2-c2cccc(CNc3c(C(C)C)cccc3C(C)C)n2)cc(-n2c3ccccc3c3ccccc32)c1. The van der Waals surface area contributed by atoms with Crippen LogP contribution in [0, 0.1) is 6.92 Å². The Hall–Kier alpha value is -5.15. The van der Waals surface area contributed by atoms with Crippen molar-refractivity contribution >= 4 is 27.5 Å². The summed E-state index contributed by atoms with van der Waals surface area (Å²) in [5.74, 6) is 0.878. The van der Waals surface area contributed by atoms with E-state index in [1.54, 1.807) is 0 Å². The Balaban J connectivity index is 1.27. The predicted octanol–water partition coefficient (Wildman–Crippen LogP) is 11.7. The maximum Gasteiger partial charge on any atom is 0.0712 e. The molecule has 2 aromatic heterocycles. The van der Waals surface area contributed by atoms with E-state index in [1.165, 1.54) is 55.3 Å². The molecule has 0 saturated carbocycles. The van der Waals surface area contributed by atoms with Crippen LogP contribution < -0.4 is 5.32 Å². The molecule has 0 aliphatic heterocycles. The van der Waals surface area contributed by atoms with E-state index in [4.69, 9.17) is 4.98 Å². The summed E-state index contributed by atoms with van der Waals surface area (Å²) in [6.45, 7) is 11.9. The van der Waals surface area contributed by atoms with Gasteiger partial charge in [0.15, 0.2) is 0 Å². The van der Waals surface area contributed by atoms with Gasteiger partial charge in [-0.3, -0.25) is 4.98 Å². The Morgan fingerprint density at radius 3 is 1.85 bits per heavy atom. The average molecular weight is 600 g/mol. The minimum absolute atomic E-state index is 0.439. The van der Waals surface area contributed by atoms with Gasteiger partial charge in [-0.2, -0.15) is 0 Å². The second-order valence-electron chi connectivity index (χ2n) is 13.0. The highest BCUT2D eigenvalue weighted by molar-refractivity contribution is 6.09. The van der Waals surface area contributed by atoms with Crippen LogP contribution in [0.15, 0.2) is 127 Å². The number of nitrogens with one attached hydrogen (secondary N) is 1. The fourth-order valence-electron chi connectivity index (χ4n) is 6.87. The van der Waals surface area contributed by atoms with Gasteiger partial charge in [0.05, 0.1) is 29.0 Å². The number of rotatable bonds is 8. The molecule has 2 heterocycles. The van der Waals surface area contributed by atoms with E-state index in [0.29, 0.717) is 18.4 Å². The molecule has 0 spiro atoms. The third kappa shape index (κ3) is 5.47. The molecule has 0 saturated heterocycles. The van der Waals surface area contributed by atoms with Crippen molar-refractivity contribution in [3.05, 3.63) is 150 Å². The largest absolute Gasteiger partial charge is 0.379 e. The summed E-state index contributed by atoms with van der Waals surface area (Å²) in [6, 6.07) is 46.0. The van der Waals surface area contributed by atoms with Gasteiger partial charge in [-0.15, -0.1) is 0 Å². The molecule has 0 bridgehead atoms. The molecular weight excluding hydrogens is 558 g/mol. The smallest absolute Gasteiger partial charge is 0.0712 e. The molecule has 0 aliphatic carbocycles. The van der Waals surface area contributed by atoms with Crippen LogP contribution >= 0.6 is 0 Å². The number of hydrogen-bond acceptors (Lipinski definition) is 2. The highest BCUT2D eigenvalue weighted by atomic mass is 15.0. The molecule has 0 atom stereocenters. The number of fused-ring (bicyclic) bond motifs is 3. The lowest BCUT2D eigenvalue weighted by atomic mass is 9.92. The first-order chi connectivity index (χ1) is 22.4. The van der Waals surface area contributed by atoms with Crippen LogP contribution in [0.1, 0.15) is 61.9 Å². The minimum Gasteiger partial charge on any atom is -0.379 e. The van der Waals surface area contributed by atoms with Crippen LogP contribution in [0.4, 0.5) is 5.69 Å². The van der Waals surface area contributed by atoms with Gasteiger partial charge in [-0.1, -0.05) is 119 Å². The molecule has 0 fully saturated rings. The highest BCUT2D eigenvalue weighted by Crippen LogP contribution is 2.37. The molecule has 1 N–H and O–H groups in total. The zero-order valence-electron chi connectivity index (χ0n) is 27.4. The van der Waals surface area contributed by atoms with Gasteiger partial charge >= 0.3 is 0 Å². The zero-order chi connectivity index (χ0) is 31.8. The summed E-state index contributed by atoms with van der Waals surface area (Å²) in [6.07, 6.45) is 0. The van der Waals surface area contributed by atoms with Gasteiger partial charge in [0.25, 0.3) is 0 Å². The number of aromatic nitrogens is 2. The van der Waals surface area contributed by atoms with Crippen LogP contribution in [0.5, 0.6) is 0 Å². The van der Waals surface area contributed by atoms with Crippen molar-refractivity contribution in [3.63, 3.8) is 0 Å². The number of benzene rings is 5. The summed E-state index contributed by atoms with van der Waals surface area (Å²) < 4.78 is 2.40. The first-order valence-electron chi connectivity index (χ1n) is 16.4. The second-order valence-corrected chi connectivity index (χ2v) is 13.0. The van der Waals surface area contributed by atoms with Crippen LogP contribution in [0.2, 0.25) is 0 Å². The van der Waals surface area contributed by atoms with E-state index in [2.05, 4.69) is 172 Å². The Kier molecular flexibility index (Phi) is 7.92. The maximum atomic E-state index is 5.20. The monoisotopic (exact) mass is 599 g/mol. The Labute approximate surface area is 272 Å². The number of aryl methyl sites for hydroxylation is 1. The molecule has 0 aliphatic rings. The molecular formula is C43H41N3. The van der Waals surface area contributed by atoms with Crippen molar-refractivity contribution in [2.45, 2.75) is 53.0 Å². The third-order valence-corrected chi connectivity index (χ3v) is 9.04. The van der Waals surface area contributed by atoms with E-state index >= 15 is 0 Å². The molecule has 228 valence electrons. The Morgan fingerprint density at radius 2 is 1.20 bits per heavy atom. The molecule has 5 aromatic carbocycles. The summed E-state index contributed by atoms with van der Waals surface area (Å²) in [5.41, 5.74) is 14.3. The number of nitrogens with zero attached hydrogens (tertiary/aromatic N) is 2. The van der Waals surface area contributed by atoms with Crippen molar-refractivity contribution in [2.24, 2.45) is 0 Å². The van der Waals surface area contributed by atoms with E-state index in [0.717, 1.165) is 22.6 Å². The first-order valence-corrected chi connectivity index (χ1v) is 16.4. The maximum absolute atomic E-state index is 5.20. The molecule has 0 unspecified atom stereocenters. The van der Waals surface area contributed by atoms with Crippen LogP contribution in [0.25, 0.3) is 49.9 Å². The van der Waals surface area contributed by atoms with E-state index in [-0.39, 0.29) is 0 Å². The lowest BCUT2D eigenvalue weighted by Crippen LogP contribution is -2.09. The summed E-state index contributed by atoms with van der Waals surface area (Å²) in [4.78, 5) is 5.20. The summed E-state index contributed by atoms with van der Waals surface area (Å²) >= 11 is 0. The predicted molar refractivity (Wildman–Crippen MR) is 196 cm³/mol. The van der Waals surface area contributed by atoms with Gasteiger partial charge in [0.1, 0.15) is 0 Å². The van der Waals surface area contributed by atoms with E-state index < -0.39 is 0 Å². The fraction of sp³-hybridized carbons (Fsp3) is 0.186. The fourth-order valence-corrected chi connectivity index (χ4v) is 6.87. The van der Waals surface area contributed by atoms with E-state index in [9.17, 15) is 0 Å². The van der Waals surface area contributed by atoms with Crippen molar-refractivity contribution in [3.8, 4) is 28.1 Å². The normalized spacial score (nSPS) is 11.6. The van der Waals surface area contributed by atoms with Gasteiger partial charge in [0, 0.05) is 27.7 Å². The highest BCUT2D eigenvalue weighted by Gasteiger charge is 2.16. The lowest BCUT2D eigenvalue weighted by Gasteiger charge is -2.21. The second kappa shape index (κ2) is 12.3. The molecule has 7 rings (SSSR count). The molecule has 3 heteroatoms. The lowest BCUT2D eigenvalue weighted by molar-refractivity contribution is 0.831. The van der Waals surface area contributed by atoms with Crippen LogP contribution in [-0.2, 0) is 6.54 Å². The van der Waals surface area contributed by atoms with Gasteiger partial charge in [-0.05, 0) is 83.0 Å². The summed E-state index contributed by atoms with van der Waals surface area (Å²) in [5, 5.41) is 6.32. The minimum atomic E-state index is 0.439. The quantitative estimate of drug-likeness (QED) is 0.188. The van der Waals surface area contributed by atoms with Crippen molar-refractivity contribution in [1.82, 2.24) is 9.55 Å². The Morgan fingerprint density at radius 1 is 0.609 bits per heavy atom. The number of pyridine rings is 1. The Bertz CT molecular complexity index is 2100. The van der Waals surface area contributed by atoms with Crippen LogP contribution in [0.3, 0.4) is 0 Å². The van der Waals surface area contributed by atoms with E-state index in [1.807, 2.05) is 0 Å².